The maximum Gasteiger partial charge on any atom is 0.418 e. The zero-order valence-corrected chi connectivity index (χ0v) is 15.6. The van der Waals surface area contributed by atoms with Crippen LogP contribution in [0.2, 0.25) is 0 Å². The molecule has 2 saturated heterocycles. The Morgan fingerprint density at radius 2 is 2.03 bits per heavy atom. The number of amides is 4. The third kappa shape index (κ3) is 4.75. The van der Waals surface area contributed by atoms with E-state index in [1.165, 1.54) is 0 Å². The Morgan fingerprint density at radius 3 is 2.72 bits per heavy atom. The van der Waals surface area contributed by atoms with Gasteiger partial charge in [0.25, 0.3) is 11.8 Å². The third-order valence-electron chi connectivity index (χ3n) is 4.36. The lowest BCUT2D eigenvalue weighted by molar-refractivity contribution is -0.132. The standard InChI is InChI=1S/C12H18N8O8S/c21-4-3-9-13-16-17-19(9)6-10(22)14-15-11(23)8-2-1-7-5-18(8)12(24)20(7)28-29(25,26)27/h7-8,21H,1-6H2,(H,14,22)(H,15,23)(H,25,26,27)/t7-,8+/m1/s1. The number of rotatable bonds is 7. The first kappa shape index (κ1) is 20.8. The molecule has 2 aliphatic heterocycles. The zero-order valence-electron chi connectivity index (χ0n) is 14.8. The number of hydrazine groups is 1. The quantitative estimate of drug-likeness (QED) is 0.243. The Kier molecular flexibility index (Phi) is 5.91. The molecule has 2 aliphatic rings. The van der Waals surface area contributed by atoms with Gasteiger partial charge in [-0.05, 0) is 23.3 Å². The summed E-state index contributed by atoms with van der Waals surface area (Å²) in [6.07, 6.45) is 0.588. The highest BCUT2D eigenvalue weighted by Crippen LogP contribution is 2.30. The number of aliphatic hydroxyl groups excluding tert-OH is 1. The summed E-state index contributed by atoms with van der Waals surface area (Å²) in [5.41, 5.74) is 4.37. The van der Waals surface area contributed by atoms with Crippen molar-refractivity contribution in [3.63, 3.8) is 0 Å². The molecular weight excluding hydrogens is 416 g/mol. The monoisotopic (exact) mass is 434 g/mol. The van der Waals surface area contributed by atoms with Gasteiger partial charge in [-0.15, -0.1) is 9.38 Å². The van der Waals surface area contributed by atoms with Gasteiger partial charge in [-0.3, -0.25) is 25.0 Å². The van der Waals surface area contributed by atoms with Crippen LogP contribution in [0.5, 0.6) is 0 Å². The largest absolute Gasteiger partial charge is 0.418 e. The van der Waals surface area contributed by atoms with E-state index in [9.17, 15) is 22.8 Å². The zero-order chi connectivity index (χ0) is 21.2. The molecule has 4 amide bonds. The minimum atomic E-state index is -4.88. The van der Waals surface area contributed by atoms with Gasteiger partial charge >= 0.3 is 16.4 Å². The maximum absolute atomic E-state index is 12.4. The first-order valence-electron chi connectivity index (χ1n) is 8.41. The number of hydrogen-bond donors (Lipinski definition) is 4. The van der Waals surface area contributed by atoms with Crippen LogP contribution in [0.4, 0.5) is 4.79 Å². The van der Waals surface area contributed by atoms with E-state index in [-0.39, 0.29) is 44.8 Å². The second-order valence-electron chi connectivity index (χ2n) is 6.27. The highest BCUT2D eigenvalue weighted by Gasteiger charge is 2.49. The van der Waals surface area contributed by atoms with Gasteiger partial charge in [0, 0.05) is 13.0 Å². The van der Waals surface area contributed by atoms with E-state index in [4.69, 9.17) is 9.66 Å². The van der Waals surface area contributed by atoms with E-state index < -0.39 is 40.3 Å². The summed E-state index contributed by atoms with van der Waals surface area (Å²) in [6.45, 7) is -0.493. The molecule has 0 radical (unpaired) electrons. The number of nitrogens with one attached hydrogen (secondary N) is 2. The van der Waals surface area contributed by atoms with Crippen molar-refractivity contribution in [3.05, 3.63) is 5.82 Å². The predicted molar refractivity (Wildman–Crippen MR) is 88.3 cm³/mol. The summed E-state index contributed by atoms with van der Waals surface area (Å²) in [5, 5.41) is 20.1. The third-order valence-corrected chi connectivity index (χ3v) is 4.71. The van der Waals surface area contributed by atoms with E-state index in [1.54, 1.807) is 0 Å². The second-order valence-corrected chi connectivity index (χ2v) is 7.28. The number of aromatic nitrogens is 4. The van der Waals surface area contributed by atoms with E-state index in [2.05, 4.69) is 30.7 Å². The summed E-state index contributed by atoms with van der Waals surface area (Å²) in [4.78, 5) is 37.7. The minimum absolute atomic E-state index is 0.0233. The summed E-state index contributed by atoms with van der Waals surface area (Å²) < 4.78 is 35.9. The number of fused-ring (bicyclic) bond motifs is 2. The van der Waals surface area contributed by atoms with E-state index in [0.29, 0.717) is 5.06 Å². The van der Waals surface area contributed by atoms with E-state index >= 15 is 0 Å². The Labute approximate surface area is 163 Å². The molecule has 17 heteroatoms. The van der Waals surface area contributed by atoms with Crippen LogP contribution in [0.15, 0.2) is 0 Å². The lowest BCUT2D eigenvalue weighted by atomic mass is 10.0. The van der Waals surface area contributed by atoms with E-state index in [1.807, 2.05) is 0 Å². The normalized spacial score (nSPS) is 21.4. The van der Waals surface area contributed by atoms with Crippen molar-refractivity contribution in [1.29, 1.82) is 0 Å². The second kappa shape index (κ2) is 8.23. The number of tetrazole rings is 1. The van der Waals surface area contributed by atoms with Crippen LogP contribution >= 0.6 is 0 Å². The molecule has 2 bridgehead atoms. The highest BCUT2D eigenvalue weighted by atomic mass is 32.3. The first-order chi connectivity index (χ1) is 13.7. The Morgan fingerprint density at radius 1 is 1.28 bits per heavy atom. The van der Waals surface area contributed by atoms with Crippen LogP contribution in [0, 0.1) is 0 Å². The number of carbonyl (C=O) groups excluding carboxylic acids is 3. The fourth-order valence-electron chi connectivity index (χ4n) is 3.12. The molecule has 0 saturated carbocycles. The molecule has 2 atom stereocenters. The van der Waals surface area contributed by atoms with Crippen molar-refractivity contribution in [2.24, 2.45) is 0 Å². The predicted octanol–water partition coefficient (Wildman–Crippen LogP) is -3.64. The average molecular weight is 434 g/mol. The molecule has 2 fully saturated rings. The number of aliphatic hydroxyl groups is 1. The Balaban J connectivity index is 1.54. The lowest BCUT2D eigenvalue weighted by Crippen LogP contribution is -2.54. The SMILES string of the molecule is O=C(Cn1nnnc1CCO)NNC(=O)[C@@H]1CC[C@@H]2CN1C(=O)N2OS(=O)(=O)O. The average Bonchev–Trinajstić information content (AvgIpc) is 3.17. The molecule has 160 valence electrons. The van der Waals surface area contributed by atoms with Gasteiger partial charge in [0.15, 0.2) is 5.82 Å². The van der Waals surface area contributed by atoms with Gasteiger partial charge in [-0.1, -0.05) is 0 Å². The molecule has 4 N–H and O–H groups in total. The minimum Gasteiger partial charge on any atom is -0.396 e. The fourth-order valence-corrected chi connectivity index (χ4v) is 3.51. The number of nitrogens with zero attached hydrogens (tertiary/aromatic N) is 6. The number of hydroxylamine groups is 2. The molecule has 3 heterocycles. The van der Waals surface area contributed by atoms with Crippen molar-refractivity contribution in [1.82, 2.24) is 41.0 Å². The molecule has 1 aromatic rings. The van der Waals surface area contributed by atoms with Crippen molar-refractivity contribution >= 4 is 28.2 Å². The number of carbonyl (C=O) groups is 3. The molecule has 0 aromatic carbocycles. The van der Waals surface area contributed by atoms with Gasteiger partial charge < -0.3 is 10.0 Å². The van der Waals surface area contributed by atoms with E-state index in [0.717, 1.165) is 9.58 Å². The van der Waals surface area contributed by atoms with Crippen molar-refractivity contribution in [2.75, 3.05) is 13.2 Å². The number of urea groups is 1. The van der Waals surface area contributed by atoms with Crippen LogP contribution < -0.4 is 10.9 Å². The molecule has 0 spiro atoms. The molecule has 29 heavy (non-hydrogen) atoms. The summed E-state index contributed by atoms with van der Waals surface area (Å²) in [7, 11) is -4.88. The fraction of sp³-hybridized carbons (Fsp3) is 0.667. The van der Waals surface area contributed by atoms with Gasteiger partial charge in [0.1, 0.15) is 12.6 Å². The smallest absolute Gasteiger partial charge is 0.396 e. The summed E-state index contributed by atoms with van der Waals surface area (Å²) in [6, 6.07) is -2.49. The highest BCUT2D eigenvalue weighted by molar-refractivity contribution is 7.80. The summed E-state index contributed by atoms with van der Waals surface area (Å²) >= 11 is 0. The van der Waals surface area contributed by atoms with Gasteiger partial charge in [-0.2, -0.15) is 13.5 Å². The van der Waals surface area contributed by atoms with Gasteiger partial charge in [0.05, 0.1) is 12.6 Å². The van der Waals surface area contributed by atoms with Crippen LogP contribution in [0.25, 0.3) is 0 Å². The van der Waals surface area contributed by atoms with Gasteiger partial charge in [0.2, 0.25) is 0 Å². The van der Waals surface area contributed by atoms with Crippen LogP contribution in [0.1, 0.15) is 18.7 Å². The molecular formula is C12H18N8O8S. The van der Waals surface area contributed by atoms with Crippen LogP contribution in [-0.2, 0) is 37.2 Å². The maximum atomic E-state index is 12.4. The molecule has 0 aliphatic carbocycles. The van der Waals surface area contributed by atoms with Crippen molar-refractivity contribution in [3.8, 4) is 0 Å². The van der Waals surface area contributed by atoms with Crippen LogP contribution in [-0.4, -0.2) is 91.3 Å². The molecule has 1 aromatic heterocycles. The molecule has 16 nitrogen and oxygen atoms in total. The van der Waals surface area contributed by atoms with Crippen LogP contribution in [0.3, 0.4) is 0 Å². The Hall–Kier alpha value is -2.89. The van der Waals surface area contributed by atoms with Gasteiger partial charge in [-0.25, -0.2) is 9.48 Å². The molecule has 0 unspecified atom stereocenters. The summed E-state index contributed by atoms with van der Waals surface area (Å²) in [5.74, 6) is -1.05. The number of hydrogen-bond acceptors (Lipinski definition) is 10. The molecule has 3 rings (SSSR count). The lowest BCUT2D eigenvalue weighted by Gasteiger charge is -2.29. The first-order valence-corrected chi connectivity index (χ1v) is 9.77. The van der Waals surface area contributed by atoms with Crippen molar-refractivity contribution in [2.45, 2.75) is 37.9 Å². The topological polar surface area (TPSA) is 209 Å². The van der Waals surface area contributed by atoms with Crippen molar-refractivity contribution < 1.29 is 36.7 Å². The Bertz CT molecular complexity index is 903. The number of piperidine rings is 1.